The van der Waals surface area contributed by atoms with Gasteiger partial charge in [0.15, 0.2) is 0 Å². The van der Waals surface area contributed by atoms with E-state index in [0.717, 1.165) is 35.3 Å². The van der Waals surface area contributed by atoms with Gasteiger partial charge in [-0.05, 0) is 67.8 Å². The van der Waals surface area contributed by atoms with Gasteiger partial charge >= 0.3 is 6.03 Å². The summed E-state index contributed by atoms with van der Waals surface area (Å²) in [7, 11) is 0. The Balaban J connectivity index is 1.47. The van der Waals surface area contributed by atoms with Crippen molar-refractivity contribution in [1.82, 2.24) is 10.2 Å². The highest BCUT2D eigenvalue weighted by Gasteiger charge is 2.54. The molecule has 0 saturated carbocycles. The van der Waals surface area contributed by atoms with Crippen molar-refractivity contribution in [3.8, 4) is 5.75 Å². The number of rotatable bonds is 4. The van der Waals surface area contributed by atoms with Gasteiger partial charge < -0.3 is 10.1 Å². The van der Waals surface area contributed by atoms with Crippen molar-refractivity contribution in [2.45, 2.75) is 38.6 Å². The van der Waals surface area contributed by atoms with Crippen LogP contribution < -0.4 is 10.1 Å². The molecule has 4 rings (SSSR count). The molecule has 0 unspecified atom stereocenters. The fourth-order valence-corrected chi connectivity index (χ4v) is 5.02. The topological polar surface area (TPSA) is 58.6 Å². The summed E-state index contributed by atoms with van der Waals surface area (Å²) in [6.07, 6.45) is 2.55. The highest BCUT2D eigenvalue weighted by atomic mass is 32.1. The first-order valence-electron chi connectivity index (χ1n) is 8.92. The molecule has 1 atom stereocenters. The lowest BCUT2D eigenvalue weighted by Crippen LogP contribution is -2.46. The largest absolute Gasteiger partial charge is 0.492 e. The zero-order chi connectivity index (χ0) is 18.3. The van der Waals surface area contributed by atoms with Gasteiger partial charge in [0.25, 0.3) is 5.91 Å². The molecule has 1 N–H and O–H groups in total. The van der Waals surface area contributed by atoms with Crippen molar-refractivity contribution in [2.24, 2.45) is 0 Å². The van der Waals surface area contributed by atoms with Crippen LogP contribution in [0.3, 0.4) is 0 Å². The molecule has 3 amide bonds. The standard InChI is InChI=1S/C20H22N2O3S/c1-13-10-14(2)12-15(11-13)25-8-7-22-18(23)20(21-19(22)24)6-3-4-17-16(20)5-9-26-17/h5,9-12H,3-4,6-8H2,1-2H3,(H,21,24)/t20-/m1/s1. The minimum Gasteiger partial charge on any atom is -0.492 e. The predicted molar refractivity (Wildman–Crippen MR) is 101 cm³/mol. The molecule has 2 heterocycles. The number of hydrogen-bond donors (Lipinski definition) is 1. The summed E-state index contributed by atoms with van der Waals surface area (Å²) in [5.41, 5.74) is 2.36. The number of nitrogens with one attached hydrogen (secondary N) is 1. The number of hydrogen-bond acceptors (Lipinski definition) is 4. The van der Waals surface area contributed by atoms with E-state index in [2.05, 4.69) is 11.4 Å². The molecule has 2 aromatic rings. The number of thiophene rings is 1. The fraction of sp³-hybridized carbons (Fsp3) is 0.400. The molecule has 26 heavy (non-hydrogen) atoms. The molecular formula is C20H22N2O3S. The van der Waals surface area contributed by atoms with Crippen LogP contribution in [0.15, 0.2) is 29.6 Å². The Bertz CT molecular complexity index is 855. The summed E-state index contributed by atoms with van der Waals surface area (Å²) in [5, 5.41) is 4.97. The molecule has 1 fully saturated rings. The second-order valence-corrected chi connectivity index (χ2v) is 8.08. The van der Waals surface area contributed by atoms with Gasteiger partial charge in [-0.25, -0.2) is 4.79 Å². The van der Waals surface area contributed by atoms with Crippen LogP contribution in [0.4, 0.5) is 4.79 Å². The molecule has 1 aromatic carbocycles. The second-order valence-electron chi connectivity index (χ2n) is 7.08. The van der Waals surface area contributed by atoms with Crippen molar-refractivity contribution in [1.29, 1.82) is 0 Å². The van der Waals surface area contributed by atoms with Crippen LogP contribution in [-0.2, 0) is 16.8 Å². The first kappa shape index (κ1) is 17.1. The van der Waals surface area contributed by atoms with E-state index in [9.17, 15) is 9.59 Å². The first-order chi connectivity index (χ1) is 12.5. The lowest BCUT2D eigenvalue weighted by atomic mass is 9.80. The quantitative estimate of drug-likeness (QED) is 0.838. The Morgan fingerprint density at radius 1 is 1.23 bits per heavy atom. The summed E-state index contributed by atoms with van der Waals surface area (Å²) < 4.78 is 5.78. The van der Waals surface area contributed by atoms with Crippen LogP contribution in [0.1, 0.15) is 34.4 Å². The maximum atomic E-state index is 13.1. The monoisotopic (exact) mass is 370 g/mol. The lowest BCUT2D eigenvalue weighted by molar-refractivity contribution is -0.132. The van der Waals surface area contributed by atoms with E-state index in [4.69, 9.17) is 4.74 Å². The average Bonchev–Trinajstić information content (AvgIpc) is 3.14. The molecule has 1 saturated heterocycles. The highest BCUT2D eigenvalue weighted by Crippen LogP contribution is 2.42. The van der Waals surface area contributed by atoms with Crippen LogP contribution in [0.25, 0.3) is 0 Å². The van der Waals surface area contributed by atoms with Crippen LogP contribution >= 0.6 is 11.3 Å². The molecule has 1 spiro atoms. The van der Waals surface area contributed by atoms with Gasteiger partial charge in [0.2, 0.25) is 0 Å². The van der Waals surface area contributed by atoms with Crippen molar-refractivity contribution < 1.29 is 14.3 Å². The molecule has 2 aliphatic rings. The van der Waals surface area contributed by atoms with Crippen molar-refractivity contribution in [3.63, 3.8) is 0 Å². The predicted octanol–water partition coefficient (Wildman–Crippen LogP) is 3.53. The minimum absolute atomic E-state index is 0.147. The molecule has 1 aromatic heterocycles. The number of amides is 3. The van der Waals surface area contributed by atoms with E-state index in [1.165, 1.54) is 9.78 Å². The van der Waals surface area contributed by atoms with Crippen molar-refractivity contribution >= 4 is 23.3 Å². The van der Waals surface area contributed by atoms with Crippen molar-refractivity contribution in [3.05, 3.63) is 51.2 Å². The zero-order valence-corrected chi connectivity index (χ0v) is 15.8. The smallest absolute Gasteiger partial charge is 0.325 e. The van der Waals surface area contributed by atoms with E-state index >= 15 is 0 Å². The summed E-state index contributed by atoms with van der Waals surface area (Å²) in [6, 6.07) is 7.65. The normalized spacial score (nSPS) is 21.8. The molecule has 136 valence electrons. The summed E-state index contributed by atoms with van der Waals surface area (Å²) >= 11 is 1.66. The van der Waals surface area contributed by atoms with E-state index in [0.29, 0.717) is 6.42 Å². The van der Waals surface area contributed by atoms with Gasteiger partial charge in [-0.2, -0.15) is 0 Å². The Morgan fingerprint density at radius 2 is 2.00 bits per heavy atom. The molecule has 0 radical (unpaired) electrons. The molecular weight excluding hydrogens is 348 g/mol. The van der Waals surface area contributed by atoms with Gasteiger partial charge in [-0.1, -0.05) is 6.07 Å². The lowest BCUT2D eigenvalue weighted by Gasteiger charge is -2.31. The second kappa shape index (κ2) is 6.43. The maximum Gasteiger partial charge on any atom is 0.325 e. The number of carbonyl (C=O) groups excluding carboxylic acids is 2. The van der Waals surface area contributed by atoms with Gasteiger partial charge in [0.1, 0.15) is 17.9 Å². The number of aryl methyl sites for hydroxylation is 3. The van der Waals surface area contributed by atoms with Gasteiger partial charge in [-0.15, -0.1) is 11.3 Å². The first-order valence-corrected chi connectivity index (χ1v) is 9.80. The summed E-state index contributed by atoms with van der Waals surface area (Å²) in [5.74, 6) is 0.618. The third-order valence-corrected chi connectivity index (χ3v) is 6.10. The molecule has 1 aliphatic heterocycles. The number of imide groups is 1. The highest BCUT2D eigenvalue weighted by molar-refractivity contribution is 7.10. The van der Waals surface area contributed by atoms with Crippen LogP contribution in [0.5, 0.6) is 5.75 Å². The third-order valence-electron chi connectivity index (χ3n) is 5.12. The molecule has 1 aliphatic carbocycles. The number of fused-ring (bicyclic) bond motifs is 2. The fourth-order valence-electron chi connectivity index (χ4n) is 4.02. The van der Waals surface area contributed by atoms with Gasteiger partial charge in [0.05, 0.1) is 6.54 Å². The Kier molecular flexibility index (Phi) is 4.23. The SMILES string of the molecule is Cc1cc(C)cc(OCCN2C(=O)N[C@@]3(CCCc4sccc43)C2=O)c1. The molecule has 5 nitrogen and oxygen atoms in total. The van der Waals surface area contributed by atoms with Gasteiger partial charge in [-0.3, -0.25) is 9.69 Å². The Morgan fingerprint density at radius 3 is 2.77 bits per heavy atom. The average molecular weight is 370 g/mol. The number of benzene rings is 1. The van der Waals surface area contributed by atoms with Crippen LogP contribution in [0, 0.1) is 13.8 Å². The van der Waals surface area contributed by atoms with E-state index in [-0.39, 0.29) is 25.1 Å². The van der Waals surface area contributed by atoms with E-state index in [1.807, 2.05) is 37.4 Å². The minimum atomic E-state index is -0.870. The number of nitrogens with zero attached hydrogens (tertiary/aromatic N) is 1. The Labute approximate surface area is 157 Å². The summed E-state index contributed by atoms with van der Waals surface area (Å²) in [4.78, 5) is 28.1. The zero-order valence-electron chi connectivity index (χ0n) is 15.0. The summed E-state index contributed by atoms with van der Waals surface area (Å²) in [6.45, 7) is 4.57. The molecule has 0 bridgehead atoms. The van der Waals surface area contributed by atoms with Gasteiger partial charge in [0, 0.05) is 10.4 Å². The number of ether oxygens (including phenoxy) is 1. The molecule has 6 heteroatoms. The maximum absolute atomic E-state index is 13.1. The van der Waals surface area contributed by atoms with E-state index in [1.54, 1.807) is 11.3 Å². The van der Waals surface area contributed by atoms with E-state index < -0.39 is 5.54 Å². The number of urea groups is 1. The Hall–Kier alpha value is -2.34. The number of carbonyl (C=O) groups is 2. The van der Waals surface area contributed by atoms with Crippen molar-refractivity contribution in [2.75, 3.05) is 13.2 Å². The third kappa shape index (κ3) is 2.78. The van der Waals surface area contributed by atoms with Crippen LogP contribution in [-0.4, -0.2) is 30.0 Å². The van der Waals surface area contributed by atoms with Crippen LogP contribution in [0.2, 0.25) is 0 Å².